The van der Waals surface area contributed by atoms with Crippen molar-refractivity contribution in [3.05, 3.63) is 41.8 Å². The molecule has 0 fully saturated rings. The lowest BCUT2D eigenvalue weighted by molar-refractivity contribution is 0.281. The van der Waals surface area contributed by atoms with E-state index in [2.05, 4.69) is 4.98 Å². The highest BCUT2D eigenvalue weighted by atomic mass is 19.1. The molecule has 106 valence electrons. The minimum atomic E-state index is -0.471. The van der Waals surface area contributed by atoms with E-state index in [4.69, 9.17) is 9.47 Å². The summed E-state index contributed by atoms with van der Waals surface area (Å²) >= 11 is 0. The third-order valence-electron chi connectivity index (χ3n) is 2.86. The van der Waals surface area contributed by atoms with Crippen molar-refractivity contribution in [1.82, 2.24) is 4.98 Å². The molecule has 0 saturated heterocycles. The molecule has 2 rings (SSSR count). The maximum Gasteiger partial charge on any atom is 0.213 e. The van der Waals surface area contributed by atoms with Crippen molar-refractivity contribution >= 4 is 0 Å². The van der Waals surface area contributed by atoms with Crippen molar-refractivity contribution in [3.8, 4) is 22.8 Å². The second-order valence-electron chi connectivity index (χ2n) is 4.13. The zero-order chi connectivity index (χ0) is 14.5. The van der Waals surface area contributed by atoms with Gasteiger partial charge in [0.05, 0.1) is 26.5 Å². The van der Waals surface area contributed by atoms with E-state index in [-0.39, 0.29) is 6.61 Å². The topological polar surface area (TPSA) is 51.6 Å². The van der Waals surface area contributed by atoms with Crippen molar-refractivity contribution in [2.45, 2.75) is 13.5 Å². The van der Waals surface area contributed by atoms with Gasteiger partial charge in [-0.1, -0.05) is 6.07 Å². The van der Waals surface area contributed by atoms with E-state index in [1.54, 1.807) is 18.2 Å². The molecule has 0 radical (unpaired) electrons. The first-order chi connectivity index (χ1) is 9.69. The number of nitrogens with zero attached hydrogens (tertiary/aromatic N) is 1. The highest BCUT2D eigenvalue weighted by Crippen LogP contribution is 2.34. The van der Waals surface area contributed by atoms with E-state index in [0.29, 0.717) is 34.9 Å². The average molecular weight is 277 g/mol. The Morgan fingerprint density at radius 1 is 1.25 bits per heavy atom. The summed E-state index contributed by atoms with van der Waals surface area (Å²) in [7, 11) is 1.47. The van der Waals surface area contributed by atoms with Gasteiger partial charge >= 0.3 is 0 Å². The summed E-state index contributed by atoms with van der Waals surface area (Å²) in [6.07, 6.45) is 1.11. The normalized spacial score (nSPS) is 10.4. The number of pyridine rings is 1. The quantitative estimate of drug-likeness (QED) is 0.913. The molecule has 5 heteroatoms. The molecular weight excluding hydrogens is 261 g/mol. The largest absolute Gasteiger partial charge is 0.493 e. The van der Waals surface area contributed by atoms with Gasteiger partial charge in [-0.2, -0.15) is 0 Å². The van der Waals surface area contributed by atoms with Crippen LogP contribution in [0.4, 0.5) is 4.39 Å². The first-order valence-corrected chi connectivity index (χ1v) is 6.26. The SMILES string of the molecule is CCOc1ccc(CO)cc1-c1cc(OC)ncc1F. The van der Waals surface area contributed by atoms with E-state index < -0.39 is 5.82 Å². The molecule has 0 amide bonds. The first kappa shape index (κ1) is 14.3. The van der Waals surface area contributed by atoms with Crippen molar-refractivity contribution < 1.29 is 19.0 Å². The van der Waals surface area contributed by atoms with Gasteiger partial charge in [0.15, 0.2) is 0 Å². The second kappa shape index (κ2) is 6.34. The summed E-state index contributed by atoms with van der Waals surface area (Å²) in [5.74, 6) is 0.400. The predicted octanol–water partition coefficient (Wildman–Crippen LogP) is 2.79. The summed E-state index contributed by atoms with van der Waals surface area (Å²) in [4.78, 5) is 3.81. The Morgan fingerprint density at radius 2 is 2.05 bits per heavy atom. The lowest BCUT2D eigenvalue weighted by Crippen LogP contribution is -1.98. The number of ether oxygens (including phenoxy) is 2. The van der Waals surface area contributed by atoms with Crippen LogP contribution in [-0.2, 0) is 6.61 Å². The second-order valence-corrected chi connectivity index (χ2v) is 4.13. The van der Waals surface area contributed by atoms with Gasteiger partial charge in [0, 0.05) is 17.2 Å². The molecule has 0 atom stereocenters. The third-order valence-corrected chi connectivity index (χ3v) is 2.86. The van der Waals surface area contributed by atoms with Gasteiger partial charge in [-0.25, -0.2) is 9.37 Å². The fraction of sp³-hybridized carbons (Fsp3) is 0.267. The molecule has 1 aromatic carbocycles. The summed E-state index contributed by atoms with van der Waals surface area (Å²) in [5.41, 5.74) is 1.57. The van der Waals surface area contributed by atoms with Gasteiger partial charge in [-0.15, -0.1) is 0 Å². The molecule has 0 bridgehead atoms. The van der Waals surface area contributed by atoms with E-state index in [9.17, 15) is 9.50 Å². The Labute approximate surface area is 116 Å². The van der Waals surface area contributed by atoms with Gasteiger partial charge < -0.3 is 14.6 Å². The monoisotopic (exact) mass is 277 g/mol. The Morgan fingerprint density at radius 3 is 2.70 bits per heavy atom. The maximum atomic E-state index is 14.0. The molecule has 2 aromatic rings. The number of hydrogen-bond acceptors (Lipinski definition) is 4. The van der Waals surface area contributed by atoms with Gasteiger partial charge in [0.25, 0.3) is 0 Å². The fourth-order valence-corrected chi connectivity index (χ4v) is 1.90. The minimum Gasteiger partial charge on any atom is -0.493 e. The van der Waals surface area contributed by atoms with Crippen LogP contribution >= 0.6 is 0 Å². The Hall–Kier alpha value is -2.14. The number of methoxy groups -OCH3 is 1. The lowest BCUT2D eigenvalue weighted by Gasteiger charge is -2.13. The van der Waals surface area contributed by atoms with Gasteiger partial charge in [0.1, 0.15) is 11.6 Å². The molecule has 20 heavy (non-hydrogen) atoms. The number of aliphatic hydroxyl groups excluding tert-OH is 1. The number of benzene rings is 1. The maximum absolute atomic E-state index is 14.0. The minimum absolute atomic E-state index is 0.122. The van der Waals surface area contributed by atoms with Gasteiger partial charge in [-0.05, 0) is 24.6 Å². The molecule has 0 aliphatic heterocycles. The van der Waals surface area contributed by atoms with Crippen LogP contribution in [0.2, 0.25) is 0 Å². The Bertz CT molecular complexity index is 602. The first-order valence-electron chi connectivity index (χ1n) is 6.26. The van der Waals surface area contributed by atoms with E-state index in [1.807, 2.05) is 6.92 Å². The molecule has 0 aliphatic rings. The summed E-state index contributed by atoms with van der Waals surface area (Å²) in [6, 6.07) is 6.67. The Kier molecular flexibility index (Phi) is 4.53. The van der Waals surface area contributed by atoms with Crippen molar-refractivity contribution in [1.29, 1.82) is 0 Å². The van der Waals surface area contributed by atoms with Crippen LogP contribution in [0.25, 0.3) is 11.1 Å². The van der Waals surface area contributed by atoms with E-state index in [0.717, 1.165) is 6.20 Å². The third kappa shape index (κ3) is 2.88. The highest BCUT2D eigenvalue weighted by molar-refractivity contribution is 5.72. The highest BCUT2D eigenvalue weighted by Gasteiger charge is 2.13. The van der Waals surface area contributed by atoms with Gasteiger partial charge in [0.2, 0.25) is 5.88 Å². The van der Waals surface area contributed by atoms with E-state index in [1.165, 1.54) is 13.2 Å². The molecular formula is C15H16FNO3. The van der Waals surface area contributed by atoms with Gasteiger partial charge in [-0.3, -0.25) is 0 Å². The summed E-state index contributed by atoms with van der Waals surface area (Å²) < 4.78 is 24.5. The zero-order valence-corrected chi connectivity index (χ0v) is 11.4. The number of aliphatic hydroxyl groups is 1. The molecule has 0 aliphatic carbocycles. The lowest BCUT2D eigenvalue weighted by atomic mass is 10.0. The van der Waals surface area contributed by atoms with Crippen LogP contribution in [0.3, 0.4) is 0 Å². The van der Waals surface area contributed by atoms with Crippen LogP contribution in [0.1, 0.15) is 12.5 Å². The predicted molar refractivity (Wildman–Crippen MR) is 73.3 cm³/mol. The average Bonchev–Trinajstić information content (AvgIpc) is 2.48. The number of aromatic nitrogens is 1. The molecule has 1 heterocycles. The fourth-order valence-electron chi connectivity index (χ4n) is 1.90. The molecule has 0 spiro atoms. The van der Waals surface area contributed by atoms with Crippen LogP contribution in [0.15, 0.2) is 30.5 Å². The van der Waals surface area contributed by atoms with Crippen LogP contribution < -0.4 is 9.47 Å². The number of hydrogen-bond donors (Lipinski definition) is 1. The molecule has 0 unspecified atom stereocenters. The zero-order valence-electron chi connectivity index (χ0n) is 11.4. The van der Waals surface area contributed by atoms with Crippen molar-refractivity contribution in [2.75, 3.05) is 13.7 Å². The summed E-state index contributed by atoms with van der Waals surface area (Å²) in [5, 5.41) is 9.23. The van der Waals surface area contributed by atoms with Crippen LogP contribution in [0, 0.1) is 5.82 Å². The standard InChI is InChI=1S/C15H16FNO3/c1-3-20-14-5-4-10(9-18)6-12(14)11-7-15(19-2)17-8-13(11)16/h4-8,18H,3,9H2,1-2H3. The summed E-state index contributed by atoms with van der Waals surface area (Å²) in [6.45, 7) is 2.20. The Balaban J connectivity index is 2.59. The number of halogens is 1. The molecule has 1 N–H and O–H groups in total. The van der Waals surface area contributed by atoms with Crippen LogP contribution in [0.5, 0.6) is 11.6 Å². The smallest absolute Gasteiger partial charge is 0.213 e. The van der Waals surface area contributed by atoms with E-state index >= 15 is 0 Å². The van der Waals surface area contributed by atoms with Crippen LogP contribution in [-0.4, -0.2) is 23.8 Å². The molecule has 4 nitrogen and oxygen atoms in total. The molecule has 0 saturated carbocycles. The molecule has 1 aromatic heterocycles. The van der Waals surface area contributed by atoms with Crippen molar-refractivity contribution in [2.24, 2.45) is 0 Å². The van der Waals surface area contributed by atoms with Crippen molar-refractivity contribution in [3.63, 3.8) is 0 Å². The number of rotatable bonds is 5.